The van der Waals surface area contributed by atoms with E-state index in [2.05, 4.69) is 40.2 Å². The Morgan fingerprint density at radius 3 is 2.50 bits per heavy atom. The summed E-state index contributed by atoms with van der Waals surface area (Å²) in [5.41, 5.74) is 4.41. The fourth-order valence-corrected chi connectivity index (χ4v) is 2.94. The van der Waals surface area contributed by atoms with Gasteiger partial charge in [-0.15, -0.1) is 0 Å². The average Bonchev–Trinajstić information content (AvgIpc) is 2.47. The summed E-state index contributed by atoms with van der Waals surface area (Å²) in [6, 6.07) is 13.2. The molecule has 0 amide bonds. The topological polar surface area (TPSA) is 9.23 Å². The Labute approximate surface area is 127 Å². The first-order valence-electron chi connectivity index (χ1n) is 6.59. The van der Waals surface area contributed by atoms with Gasteiger partial charge in [0.05, 0.1) is 11.4 Å². The maximum Gasteiger partial charge on any atom is 0.123 e. The molecule has 0 saturated heterocycles. The molecule has 0 N–H and O–H groups in total. The largest absolute Gasteiger partial charge is 0.384 e. The van der Waals surface area contributed by atoms with E-state index in [-0.39, 0.29) is 10.6 Å². The van der Waals surface area contributed by atoms with Gasteiger partial charge in [-0.05, 0) is 47.7 Å². The second kappa shape index (κ2) is 7.00. The number of methoxy groups -OCH3 is 1. The average molecular weight is 337 g/mol. The van der Waals surface area contributed by atoms with E-state index in [9.17, 15) is 4.39 Å². The molecular formula is C17H18BrFO. The lowest BCUT2D eigenvalue weighted by molar-refractivity contribution is 0.202. The molecule has 2 aromatic rings. The Balaban J connectivity index is 2.20. The third-order valence-corrected chi connectivity index (χ3v) is 4.40. The van der Waals surface area contributed by atoms with Gasteiger partial charge in [-0.1, -0.05) is 46.3 Å². The van der Waals surface area contributed by atoms with Gasteiger partial charge in [0.2, 0.25) is 0 Å². The van der Waals surface area contributed by atoms with E-state index < -0.39 is 0 Å². The Bertz CT molecular complexity index is 566. The number of ether oxygens (including phenoxy) is 1. The van der Waals surface area contributed by atoms with Gasteiger partial charge in [0.1, 0.15) is 5.82 Å². The van der Waals surface area contributed by atoms with Crippen molar-refractivity contribution in [1.29, 1.82) is 0 Å². The smallest absolute Gasteiger partial charge is 0.123 e. The van der Waals surface area contributed by atoms with Gasteiger partial charge in [0.25, 0.3) is 0 Å². The van der Waals surface area contributed by atoms with Crippen molar-refractivity contribution in [3.63, 3.8) is 0 Å². The highest BCUT2D eigenvalue weighted by atomic mass is 79.9. The molecular weight excluding hydrogens is 319 g/mol. The third-order valence-electron chi connectivity index (χ3n) is 3.38. The lowest BCUT2D eigenvalue weighted by Gasteiger charge is -2.14. The van der Waals surface area contributed by atoms with Gasteiger partial charge in [-0.2, -0.15) is 0 Å². The summed E-state index contributed by atoms with van der Waals surface area (Å²) < 4.78 is 18.5. The first kappa shape index (κ1) is 15.2. The highest BCUT2D eigenvalue weighted by Crippen LogP contribution is 2.33. The summed E-state index contributed by atoms with van der Waals surface area (Å²) in [5, 5.41) is 0. The molecule has 1 nitrogen and oxygen atoms in total. The second-order valence-corrected chi connectivity index (χ2v) is 5.76. The number of alkyl halides is 1. The second-order valence-electron chi connectivity index (χ2n) is 4.85. The molecule has 0 aliphatic rings. The SMILES string of the molecule is COCCc1ccc(C(Br)c2cc(F)ccc2C)cc1. The van der Waals surface area contributed by atoms with Crippen LogP contribution in [0.1, 0.15) is 27.1 Å². The zero-order chi connectivity index (χ0) is 14.5. The molecule has 3 heteroatoms. The van der Waals surface area contributed by atoms with Crippen molar-refractivity contribution in [3.05, 3.63) is 70.5 Å². The van der Waals surface area contributed by atoms with Crippen LogP contribution in [0, 0.1) is 12.7 Å². The first-order chi connectivity index (χ1) is 9.61. The van der Waals surface area contributed by atoms with Crippen LogP contribution in [0.3, 0.4) is 0 Å². The zero-order valence-corrected chi connectivity index (χ0v) is 13.3. The normalized spacial score (nSPS) is 12.4. The Morgan fingerprint density at radius 2 is 1.85 bits per heavy atom. The van der Waals surface area contributed by atoms with E-state index in [0.29, 0.717) is 0 Å². The van der Waals surface area contributed by atoms with E-state index in [1.165, 1.54) is 11.6 Å². The standard InChI is InChI=1S/C17H18BrFO/c1-12-3-8-15(19)11-16(12)17(18)14-6-4-13(5-7-14)9-10-20-2/h3-8,11,17H,9-10H2,1-2H3. The molecule has 1 atom stereocenters. The molecule has 0 heterocycles. The van der Waals surface area contributed by atoms with Gasteiger partial charge in [0.15, 0.2) is 0 Å². The molecule has 0 saturated carbocycles. The van der Waals surface area contributed by atoms with Crippen LogP contribution >= 0.6 is 15.9 Å². The lowest BCUT2D eigenvalue weighted by Crippen LogP contribution is -1.98. The van der Waals surface area contributed by atoms with Crippen LogP contribution in [0.15, 0.2) is 42.5 Å². The number of rotatable bonds is 5. The number of benzene rings is 2. The van der Waals surface area contributed by atoms with E-state index >= 15 is 0 Å². The number of aryl methyl sites for hydroxylation is 1. The third kappa shape index (κ3) is 3.68. The van der Waals surface area contributed by atoms with Crippen molar-refractivity contribution >= 4 is 15.9 Å². The van der Waals surface area contributed by atoms with Gasteiger partial charge >= 0.3 is 0 Å². The predicted molar refractivity (Wildman–Crippen MR) is 83.9 cm³/mol. The van der Waals surface area contributed by atoms with Crippen LogP contribution < -0.4 is 0 Å². The zero-order valence-electron chi connectivity index (χ0n) is 11.7. The number of hydrogen-bond donors (Lipinski definition) is 0. The molecule has 0 aliphatic carbocycles. The first-order valence-corrected chi connectivity index (χ1v) is 7.51. The van der Waals surface area contributed by atoms with Gasteiger partial charge < -0.3 is 4.74 Å². The quantitative estimate of drug-likeness (QED) is 0.712. The van der Waals surface area contributed by atoms with Gasteiger partial charge in [0, 0.05) is 7.11 Å². The van der Waals surface area contributed by atoms with Crippen LogP contribution in [0.25, 0.3) is 0 Å². The fraction of sp³-hybridized carbons (Fsp3) is 0.294. The Kier molecular flexibility index (Phi) is 5.32. The molecule has 0 bridgehead atoms. The minimum absolute atomic E-state index is 0.00896. The van der Waals surface area contributed by atoms with Gasteiger partial charge in [-0.25, -0.2) is 4.39 Å². The molecule has 0 aliphatic heterocycles. The minimum Gasteiger partial charge on any atom is -0.384 e. The summed E-state index contributed by atoms with van der Waals surface area (Å²) >= 11 is 3.66. The molecule has 0 aromatic heterocycles. The molecule has 2 rings (SSSR count). The van der Waals surface area contributed by atoms with Crippen molar-refractivity contribution < 1.29 is 9.13 Å². The van der Waals surface area contributed by atoms with Crippen LogP contribution in [0.4, 0.5) is 4.39 Å². The number of hydrogen-bond acceptors (Lipinski definition) is 1. The highest BCUT2D eigenvalue weighted by molar-refractivity contribution is 9.09. The van der Waals surface area contributed by atoms with Crippen molar-refractivity contribution in [1.82, 2.24) is 0 Å². The highest BCUT2D eigenvalue weighted by Gasteiger charge is 2.13. The van der Waals surface area contributed by atoms with E-state index in [1.54, 1.807) is 13.2 Å². The molecule has 0 spiro atoms. The summed E-state index contributed by atoms with van der Waals surface area (Å²) in [7, 11) is 1.70. The lowest BCUT2D eigenvalue weighted by atomic mass is 9.99. The van der Waals surface area contributed by atoms with Crippen LogP contribution in [-0.2, 0) is 11.2 Å². The summed E-state index contributed by atoms with van der Waals surface area (Å²) in [6.07, 6.45) is 0.905. The van der Waals surface area contributed by atoms with Crippen molar-refractivity contribution in [2.45, 2.75) is 18.2 Å². The van der Waals surface area contributed by atoms with Crippen molar-refractivity contribution in [2.75, 3.05) is 13.7 Å². The van der Waals surface area contributed by atoms with Crippen LogP contribution in [0.2, 0.25) is 0 Å². The molecule has 20 heavy (non-hydrogen) atoms. The monoisotopic (exact) mass is 336 g/mol. The van der Waals surface area contributed by atoms with Crippen molar-refractivity contribution in [3.8, 4) is 0 Å². The molecule has 1 unspecified atom stereocenters. The van der Waals surface area contributed by atoms with E-state index in [1.807, 2.05) is 13.0 Å². The van der Waals surface area contributed by atoms with Crippen LogP contribution in [0.5, 0.6) is 0 Å². The van der Waals surface area contributed by atoms with E-state index in [4.69, 9.17) is 4.74 Å². The number of halogens is 2. The van der Waals surface area contributed by atoms with E-state index in [0.717, 1.165) is 29.7 Å². The maximum atomic E-state index is 13.4. The Morgan fingerprint density at radius 1 is 1.15 bits per heavy atom. The van der Waals surface area contributed by atoms with Crippen molar-refractivity contribution in [2.24, 2.45) is 0 Å². The van der Waals surface area contributed by atoms with Gasteiger partial charge in [-0.3, -0.25) is 0 Å². The predicted octanol–water partition coefficient (Wildman–Crippen LogP) is 4.81. The summed E-state index contributed by atoms with van der Waals surface area (Å²) in [5.74, 6) is -0.202. The maximum absolute atomic E-state index is 13.4. The molecule has 0 radical (unpaired) electrons. The molecule has 0 fully saturated rings. The van der Waals surface area contributed by atoms with Crippen LogP contribution in [-0.4, -0.2) is 13.7 Å². The molecule has 2 aromatic carbocycles. The summed E-state index contributed by atoms with van der Waals surface area (Å²) in [6.45, 7) is 2.72. The Hall–Kier alpha value is -1.19. The minimum atomic E-state index is -0.202. The fourth-order valence-electron chi connectivity index (χ4n) is 2.14. The molecule has 106 valence electrons. The summed E-state index contributed by atoms with van der Waals surface area (Å²) in [4.78, 5) is 0.00896.